The quantitative estimate of drug-likeness (QED) is 0.753. The normalized spacial score (nSPS) is 20.7. The fourth-order valence-electron chi connectivity index (χ4n) is 3.46. The Bertz CT molecular complexity index is 1090. The van der Waals surface area contributed by atoms with Gasteiger partial charge in [0, 0.05) is 19.5 Å². The summed E-state index contributed by atoms with van der Waals surface area (Å²) in [4.78, 5) is 20.1. The predicted molar refractivity (Wildman–Crippen MR) is 105 cm³/mol. The summed E-state index contributed by atoms with van der Waals surface area (Å²) in [6.45, 7) is 5.33. The molecule has 4 rings (SSSR count). The number of anilines is 1. The number of oxazole rings is 1. The van der Waals surface area contributed by atoms with Crippen LogP contribution in [0.3, 0.4) is 0 Å². The summed E-state index contributed by atoms with van der Waals surface area (Å²) in [5.74, 6) is 0.464. The number of hydrogen-bond acceptors (Lipinski definition) is 7. The molecule has 1 aromatic carbocycles. The molecule has 2 aromatic rings. The number of carbonyl (C=O) groups is 1. The highest BCUT2D eigenvalue weighted by Crippen LogP contribution is 2.37. The van der Waals surface area contributed by atoms with E-state index in [0.717, 1.165) is 12.8 Å². The van der Waals surface area contributed by atoms with Crippen LogP contribution in [0.15, 0.2) is 27.5 Å². The van der Waals surface area contributed by atoms with Gasteiger partial charge in [0.05, 0.1) is 28.4 Å². The third kappa shape index (κ3) is 3.52. The molecule has 1 atom stereocenters. The van der Waals surface area contributed by atoms with Crippen LogP contribution < -0.4 is 9.62 Å². The van der Waals surface area contributed by atoms with Gasteiger partial charge in [0.15, 0.2) is 5.89 Å². The van der Waals surface area contributed by atoms with Gasteiger partial charge in [-0.1, -0.05) is 0 Å². The molecule has 29 heavy (non-hydrogen) atoms. The zero-order chi connectivity index (χ0) is 21.1. The second kappa shape index (κ2) is 6.54. The van der Waals surface area contributed by atoms with Gasteiger partial charge in [-0.05, 0) is 44.9 Å². The zero-order valence-electron chi connectivity index (χ0n) is 16.8. The summed E-state index contributed by atoms with van der Waals surface area (Å²) in [6.07, 6.45) is 0.356. The Morgan fingerprint density at radius 2 is 2.03 bits per heavy atom. The van der Waals surface area contributed by atoms with E-state index in [-0.39, 0.29) is 17.0 Å². The first-order chi connectivity index (χ1) is 13.5. The number of nitrogens with one attached hydrogen (secondary N) is 1. The minimum atomic E-state index is -3.75. The highest BCUT2D eigenvalue weighted by atomic mass is 32.2. The Kier molecular flexibility index (Phi) is 4.48. The Labute approximate surface area is 169 Å². The van der Waals surface area contributed by atoms with Crippen molar-refractivity contribution in [2.24, 2.45) is 0 Å². The second-order valence-electron chi connectivity index (χ2n) is 7.98. The lowest BCUT2D eigenvalue weighted by atomic mass is 10.1. The highest BCUT2D eigenvalue weighted by molar-refractivity contribution is 7.89. The fourth-order valence-corrected chi connectivity index (χ4v) is 4.95. The number of nitrogens with zero attached hydrogens (tertiary/aromatic N) is 3. The van der Waals surface area contributed by atoms with Crippen LogP contribution in [0.4, 0.5) is 5.69 Å². The lowest BCUT2D eigenvalue weighted by molar-refractivity contribution is -0.00241. The van der Waals surface area contributed by atoms with E-state index in [9.17, 15) is 18.3 Å². The van der Waals surface area contributed by atoms with Crippen LogP contribution in [0, 0.1) is 13.8 Å². The van der Waals surface area contributed by atoms with E-state index in [2.05, 4.69) is 9.71 Å². The van der Waals surface area contributed by atoms with E-state index < -0.39 is 27.8 Å². The predicted octanol–water partition coefficient (Wildman–Crippen LogP) is 1.49. The van der Waals surface area contributed by atoms with E-state index in [1.54, 1.807) is 27.0 Å². The first kappa shape index (κ1) is 19.9. The first-order valence-corrected chi connectivity index (χ1v) is 10.8. The molecule has 1 amide bonds. The number of aromatic nitrogens is 1. The molecule has 0 bridgehead atoms. The van der Waals surface area contributed by atoms with E-state index in [0.29, 0.717) is 23.0 Å². The maximum Gasteiger partial charge on any atom is 0.259 e. The third-order valence-corrected chi connectivity index (χ3v) is 7.11. The van der Waals surface area contributed by atoms with Crippen molar-refractivity contribution in [2.75, 3.05) is 11.9 Å². The van der Waals surface area contributed by atoms with Crippen molar-refractivity contribution >= 4 is 21.6 Å². The van der Waals surface area contributed by atoms with Gasteiger partial charge in [0.25, 0.3) is 5.91 Å². The van der Waals surface area contributed by atoms with Gasteiger partial charge in [0.1, 0.15) is 5.76 Å². The molecule has 1 aliphatic heterocycles. The van der Waals surface area contributed by atoms with Crippen molar-refractivity contribution in [1.82, 2.24) is 14.6 Å². The maximum absolute atomic E-state index is 13.1. The van der Waals surface area contributed by atoms with Gasteiger partial charge in [-0.25, -0.2) is 18.1 Å². The number of rotatable bonds is 5. The van der Waals surface area contributed by atoms with E-state index >= 15 is 0 Å². The molecule has 0 radical (unpaired) electrons. The van der Waals surface area contributed by atoms with Crippen molar-refractivity contribution in [2.45, 2.75) is 56.9 Å². The summed E-state index contributed by atoms with van der Waals surface area (Å²) in [6, 6.07) is 4.35. The van der Waals surface area contributed by atoms with Crippen LogP contribution in [-0.4, -0.2) is 48.3 Å². The molecule has 1 aliphatic carbocycles. The lowest BCUT2D eigenvalue weighted by Crippen LogP contribution is -2.53. The highest BCUT2D eigenvalue weighted by Gasteiger charge is 2.42. The summed E-state index contributed by atoms with van der Waals surface area (Å²) in [7, 11) is -2.12. The van der Waals surface area contributed by atoms with Crippen LogP contribution in [-0.2, 0) is 16.6 Å². The van der Waals surface area contributed by atoms with Crippen molar-refractivity contribution in [3.05, 3.63) is 41.1 Å². The van der Waals surface area contributed by atoms with Gasteiger partial charge in [-0.2, -0.15) is 0 Å². The minimum absolute atomic E-state index is 0.0176. The molecule has 156 valence electrons. The molecule has 0 spiro atoms. The average Bonchev–Trinajstić information content (AvgIpc) is 3.27. The number of aliphatic hydroxyl groups is 1. The number of carbonyl (C=O) groups excluding carboxylic acids is 1. The number of amides is 1. The summed E-state index contributed by atoms with van der Waals surface area (Å²) < 4.78 is 33.7. The Balaban J connectivity index is 1.69. The monoisotopic (exact) mass is 420 g/mol. The molecular weight excluding hydrogens is 396 g/mol. The molecule has 9 nitrogen and oxygen atoms in total. The number of sulfonamides is 1. The molecule has 1 fully saturated rings. The topological polar surface area (TPSA) is 116 Å². The van der Waals surface area contributed by atoms with Crippen LogP contribution >= 0.6 is 0 Å². The Morgan fingerprint density at radius 3 is 2.62 bits per heavy atom. The number of aryl methyl sites for hydroxylation is 2. The maximum atomic E-state index is 13.1. The average molecular weight is 420 g/mol. The van der Waals surface area contributed by atoms with E-state index in [4.69, 9.17) is 4.42 Å². The molecule has 10 heteroatoms. The molecule has 2 N–H and O–H groups in total. The number of fused-ring (bicyclic) bond motifs is 1. The smallest absolute Gasteiger partial charge is 0.259 e. The van der Waals surface area contributed by atoms with Crippen molar-refractivity contribution in [1.29, 1.82) is 0 Å². The van der Waals surface area contributed by atoms with Gasteiger partial charge in [-0.3, -0.25) is 9.69 Å². The van der Waals surface area contributed by atoms with Gasteiger partial charge >= 0.3 is 0 Å². The molecule has 1 saturated carbocycles. The van der Waals surface area contributed by atoms with Gasteiger partial charge in [0.2, 0.25) is 16.4 Å². The Morgan fingerprint density at radius 1 is 1.34 bits per heavy atom. The molecule has 0 saturated heterocycles. The number of aliphatic hydroxyl groups excluding tert-OH is 1. The van der Waals surface area contributed by atoms with E-state index in [1.165, 1.54) is 21.9 Å². The van der Waals surface area contributed by atoms with Crippen LogP contribution in [0.25, 0.3) is 0 Å². The van der Waals surface area contributed by atoms with Crippen LogP contribution in [0.2, 0.25) is 0 Å². The minimum Gasteiger partial charge on any atom is -0.444 e. The number of benzene rings is 1. The van der Waals surface area contributed by atoms with Crippen LogP contribution in [0.5, 0.6) is 0 Å². The van der Waals surface area contributed by atoms with Crippen molar-refractivity contribution < 1.29 is 22.7 Å². The van der Waals surface area contributed by atoms with Gasteiger partial charge < -0.3 is 14.4 Å². The summed E-state index contributed by atoms with van der Waals surface area (Å²) in [5, 5.41) is 10.6. The van der Waals surface area contributed by atoms with Gasteiger partial charge in [-0.15, -0.1) is 0 Å². The molecule has 2 aliphatic rings. The second-order valence-corrected chi connectivity index (χ2v) is 9.66. The van der Waals surface area contributed by atoms with E-state index in [1.807, 2.05) is 6.92 Å². The molecule has 1 aromatic heterocycles. The summed E-state index contributed by atoms with van der Waals surface area (Å²) in [5.41, 5.74) is 0.880. The third-order valence-electron chi connectivity index (χ3n) is 5.47. The Hall–Kier alpha value is -2.43. The standard InChI is InChI=1S/C19H24N4O5S/c1-11-16(28-12(2)20-11)10-23-17(24)14-9-13(5-6-15(14)22(4)18(23)25)29(26,27)21-19(3)7-8-19/h5-6,9,18,21,25H,7-8,10H2,1-4H3. The zero-order valence-corrected chi connectivity index (χ0v) is 17.6. The fraction of sp³-hybridized carbons (Fsp3) is 0.474. The molecular formula is C19H24N4O5S. The summed E-state index contributed by atoms with van der Waals surface area (Å²) >= 11 is 0. The SMILES string of the molecule is Cc1nc(C)c(CN2C(=O)c3cc(S(=O)(=O)NC4(C)CC4)ccc3N(C)C2O)o1. The van der Waals surface area contributed by atoms with Crippen LogP contribution in [0.1, 0.15) is 47.5 Å². The van der Waals surface area contributed by atoms with Crippen molar-refractivity contribution in [3.63, 3.8) is 0 Å². The lowest BCUT2D eigenvalue weighted by Gasteiger charge is -2.40. The molecule has 2 heterocycles. The first-order valence-electron chi connectivity index (χ1n) is 9.34. The molecule has 1 unspecified atom stereocenters. The van der Waals surface area contributed by atoms with Crippen molar-refractivity contribution in [3.8, 4) is 0 Å². The largest absolute Gasteiger partial charge is 0.444 e. The number of hydrogen-bond donors (Lipinski definition) is 2.